The van der Waals surface area contributed by atoms with Gasteiger partial charge in [-0.05, 0) is 29.1 Å². The SMILES string of the molecule is O=c1[nH]nc(-c2ccc3ccn(CCOCc4ccccc4)c3c2)o1. The Bertz CT molecular complexity index is 1030. The molecule has 2 heterocycles. The van der Waals surface area contributed by atoms with E-state index in [0.717, 1.165) is 28.6 Å². The van der Waals surface area contributed by atoms with Crippen LogP contribution in [-0.4, -0.2) is 21.4 Å². The van der Waals surface area contributed by atoms with Crippen LogP contribution >= 0.6 is 0 Å². The standard InChI is InChI=1S/C19H17N3O3/c23-19-21-20-18(25-19)16-7-6-15-8-9-22(17(15)12-16)10-11-24-13-14-4-2-1-3-5-14/h1-9,12H,10-11,13H2,(H,21,23). The molecule has 0 atom stereocenters. The van der Waals surface area contributed by atoms with E-state index in [1.54, 1.807) is 0 Å². The van der Waals surface area contributed by atoms with E-state index in [-0.39, 0.29) is 0 Å². The van der Waals surface area contributed by atoms with E-state index in [1.165, 1.54) is 0 Å². The molecule has 4 rings (SSSR count). The highest BCUT2D eigenvalue weighted by Crippen LogP contribution is 2.23. The zero-order valence-electron chi connectivity index (χ0n) is 13.5. The first-order valence-electron chi connectivity index (χ1n) is 8.06. The molecule has 0 bridgehead atoms. The summed E-state index contributed by atoms with van der Waals surface area (Å²) < 4.78 is 12.9. The van der Waals surface area contributed by atoms with Crippen LogP contribution in [0.4, 0.5) is 0 Å². The van der Waals surface area contributed by atoms with E-state index < -0.39 is 5.76 Å². The lowest BCUT2D eigenvalue weighted by Crippen LogP contribution is -2.05. The van der Waals surface area contributed by atoms with E-state index >= 15 is 0 Å². The molecule has 6 nitrogen and oxygen atoms in total. The number of nitrogens with zero attached hydrogens (tertiary/aromatic N) is 2. The van der Waals surface area contributed by atoms with Crippen LogP contribution < -0.4 is 5.76 Å². The van der Waals surface area contributed by atoms with Crippen LogP contribution in [-0.2, 0) is 17.9 Å². The highest BCUT2D eigenvalue weighted by Gasteiger charge is 2.08. The van der Waals surface area contributed by atoms with Gasteiger partial charge in [0.25, 0.3) is 0 Å². The van der Waals surface area contributed by atoms with Crippen LogP contribution in [0.15, 0.2) is 70.0 Å². The Balaban J connectivity index is 1.47. The van der Waals surface area contributed by atoms with Crippen molar-refractivity contribution in [3.05, 3.63) is 76.9 Å². The largest absolute Gasteiger partial charge is 0.434 e. The average Bonchev–Trinajstić information content (AvgIpc) is 3.25. The number of fused-ring (bicyclic) bond motifs is 1. The predicted molar refractivity (Wildman–Crippen MR) is 94.2 cm³/mol. The lowest BCUT2D eigenvalue weighted by atomic mass is 10.1. The molecule has 0 aliphatic rings. The number of ether oxygens (including phenoxy) is 1. The maximum atomic E-state index is 11.1. The van der Waals surface area contributed by atoms with Gasteiger partial charge < -0.3 is 13.7 Å². The van der Waals surface area contributed by atoms with Gasteiger partial charge in [0, 0.05) is 23.8 Å². The quantitative estimate of drug-likeness (QED) is 0.549. The smallest absolute Gasteiger partial charge is 0.388 e. The molecule has 0 saturated heterocycles. The Hall–Kier alpha value is -3.12. The molecule has 0 saturated carbocycles. The van der Waals surface area contributed by atoms with Crippen LogP contribution in [0.5, 0.6) is 0 Å². The van der Waals surface area contributed by atoms with Gasteiger partial charge in [-0.1, -0.05) is 36.4 Å². The van der Waals surface area contributed by atoms with Crippen molar-refractivity contribution in [3.8, 4) is 11.5 Å². The summed E-state index contributed by atoms with van der Waals surface area (Å²) in [4.78, 5) is 11.1. The first-order chi connectivity index (χ1) is 12.3. The molecule has 4 aromatic rings. The number of aromatic nitrogens is 3. The molecule has 0 unspecified atom stereocenters. The number of rotatable bonds is 6. The minimum atomic E-state index is -0.556. The van der Waals surface area contributed by atoms with Crippen LogP contribution in [0, 0.1) is 0 Å². The van der Waals surface area contributed by atoms with Gasteiger partial charge in [-0.3, -0.25) is 0 Å². The molecule has 126 valence electrons. The first-order valence-corrected chi connectivity index (χ1v) is 8.06. The maximum Gasteiger partial charge on any atom is 0.434 e. The number of hydrogen-bond acceptors (Lipinski definition) is 4. The molecule has 1 N–H and O–H groups in total. The number of nitrogens with one attached hydrogen (secondary N) is 1. The van der Waals surface area contributed by atoms with Gasteiger partial charge in [0.2, 0.25) is 5.89 Å². The molecule has 0 radical (unpaired) electrons. The monoisotopic (exact) mass is 335 g/mol. The second-order valence-electron chi connectivity index (χ2n) is 5.74. The zero-order valence-corrected chi connectivity index (χ0v) is 13.5. The van der Waals surface area contributed by atoms with E-state index in [1.807, 2.05) is 42.6 Å². The van der Waals surface area contributed by atoms with Crippen LogP contribution in [0.3, 0.4) is 0 Å². The number of benzene rings is 2. The van der Waals surface area contributed by atoms with Crippen molar-refractivity contribution in [3.63, 3.8) is 0 Å². The molecule has 6 heteroatoms. The summed E-state index contributed by atoms with van der Waals surface area (Å²) in [7, 11) is 0. The van der Waals surface area contributed by atoms with Crippen molar-refractivity contribution in [2.75, 3.05) is 6.61 Å². The fourth-order valence-electron chi connectivity index (χ4n) is 2.79. The Kier molecular flexibility index (Phi) is 4.18. The summed E-state index contributed by atoms with van der Waals surface area (Å²) in [6.07, 6.45) is 2.03. The van der Waals surface area contributed by atoms with Gasteiger partial charge in [0.1, 0.15) is 0 Å². The van der Waals surface area contributed by atoms with Crippen molar-refractivity contribution < 1.29 is 9.15 Å². The Morgan fingerprint density at radius 2 is 2.00 bits per heavy atom. The second-order valence-corrected chi connectivity index (χ2v) is 5.74. The van der Waals surface area contributed by atoms with Gasteiger partial charge in [-0.25, -0.2) is 9.89 Å². The van der Waals surface area contributed by atoms with Crippen LogP contribution in [0.2, 0.25) is 0 Å². The number of aromatic amines is 1. The van der Waals surface area contributed by atoms with E-state index in [9.17, 15) is 4.79 Å². The van der Waals surface area contributed by atoms with Crippen molar-refractivity contribution >= 4 is 10.9 Å². The van der Waals surface area contributed by atoms with Gasteiger partial charge in [0.15, 0.2) is 0 Å². The summed E-state index contributed by atoms with van der Waals surface area (Å²) in [6.45, 7) is 1.95. The fraction of sp³-hybridized carbons (Fsp3) is 0.158. The van der Waals surface area contributed by atoms with Crippen molar-refractivity contribution in [1.29, 1.82) is 0 Å². The predicted octanol–water partition coefficient (Wildman–Crippen LogP) is 3.20. The molecule has 0 aliphatic heterocycles. The topological polar surface area (TPSA) is 73.0 Å². The highest BCUT2D eigenvalue weighted by atomic mass is 16.5. The third kappa shape index (κ3) is 3.39. The lowest BCUT2D eigenvalue weighted by molar-refractivity contribution is 0.114. The lowest BCUT2D eigenvalue weighted by Gasteiger charge is -2.07. The van der Waals surface area contributed by atoms with Gasteiger partial charge >= 0.3 is 5.76 Å². The van der Waals surface area contributed by atoms with Crippen molar-refractivity contribution in [1.82, 2.24) is 14.8 Å². The molecular formula is C19H17N3O3. The molecule has 0 amide bonds. The maximum absolute atomic E-state index is 11.1. The molecule has 0 spiro atoms. The number of hydrogen-bond donors (Lipinski definition) is 1. The Morgan fingerprint density at radius 1 is 1.12 bits per heavy atom. The molecule has 0 fully saturated rings. The van der Waals surface area contributed by atoms with Crippen LogP contribution in [0.25, 0.3) is 22.4 Å². The highest BCUT2D eigenvalue weighted by molar-refractivity contribution is 5.84. The summed E-state index contributed by atoms with van der Waals surface area (Å²) in [5.41, 5.74) is 2.97. The normalized spacial score (nSPS) is 11.2. The zero-order chi connectivity index (χ0) is 17.1. The third-order valence-corrected chi connectivity index (χ3v) is 4.05. The molecule has 2 aromatic carbocycles. The van der Waals surface area contributed by atoms with Gasteiger partial charge in [0.05, 0.1) is 13.2 Å². The van der Waals surface area contributed by atoms with Gasteiger partial charge in [-0.15, -0.1) is 5.10 Å². The van der Waals surface area contributed by atoms with Crippen LogP contribution in [0.1, 0.15) is 5.56 Å². The van der Waals surface area contributed by atoms with Crippen molar-refractivity contribution in [2.24, 2.45) is 0 Å². The second kappa shape index (κ2) is 6.78. The average molecular weight is 335 g/mol. The summed E-state index contributed by atoms with van der Waals surface area (Å²) in [6, 6.07) is 18.0. The summed E-state index contributed by atoms with van der Waals surface area (Å²) in [5.74, 6) is -0.264. The number of H-pyrrole nitrogens is 1. The fourth-order valence-corrected chi connectivity index (χ4v) is 2.79. The molecule has 0 aliphatic carbocycles. The molecule has 25 heavy (non-hydrogen) atoms. The van der Waals surface area contributed by atoms with E-state index in [4.69, 9.17) is 9.15 Å². The molecule has 2 aromatic heterocycles. The Labute approximate surface area is 143 Å². The minimum Gasteiger partial charge on any atom is -0.388 e. The molecular weight excluding hydrogens is 318 g/mol. The van der Waals surface area contributed by atoms with E-state index in [0.29, 0.717) is 19.1 Å². The van der Waals surface area contributed by atoms with E-state index in [2.05, 4.69) is 33.0 Å². The first kappa shape index (κ1) is 15.4. The Morgan fingerprint density at radius 3 is 2.80 bits per heavy atom. The third-order valence-electron chi connectivity index (χ3n) is 4.05. The summed E-state index contributed by atoms with van der Waals surface area (Å²) in [5, 5.41) is 7.28. The summed E-state index contributed by atoms with van der Waals surface area (Å²) >= 11 is 0. The van der Waals surface area contributed by atoms with Gasteiger partial charge in [-0.2, -0.15) is 0 Å². The van der Waals surface area contributed by atoms with Crippen molar-refractivity contribution in [2.45, 2.75) is 13.2 Å². The minimum absolute atomic E-state index is 0.292.